The van der Waals surface area contributed by atoms with Crippen molar-refractivity contribution in [3.63, 3.8) is 0 Å². The van der Waals surface area contributed by atoms with Gasteiger partial charge in [-0.1, -0.05) is 13.0 Å². The lowest BCUT2D eigenvalue weighted by molar-refractivity contribution is -0.132. The SMILES string of the molecule is COC(=O)c1cccc(N(CCC(=O)N2CCCC(C)C2)S(C)(=O)=O)c1. The highest BCUT2D eigenvalue weighted by molar-refractivity contribution is 7.92. The zero-order chi connectivity index (χ0) is 19.3. The molecule has 2 rings (SSSR count). The third kappa shape index (κ3) is 5.20. The van der Waals surface area contributed by atoms with Crippen molar-refractivity contribution in [2.45, 2.75) is 26.2 Å². The molecule has 0 N–H and O–H groups in total. The van der Waals surface area contributed by atoms with Crippen molar-refractivity contribution in [3.8, 4) is 0 Å². The Balaban J connectivity index is 2.14. The van der Waals surface area contributed by atoms with Crippen LogP contribution >= 0.6 is 0 Å². The van der Waals surface area contributed by atoms with Crippen LogP contribution in [0.5, 0.6) is 0 Å². The Labute approximate surface area is 155 Å². The number of carbonyl (C=O) groups is 2. The van der Waals surface area contributed by atoms with E-state index in [1.54, 1.807) is 23.1 Å². The van der Waals surface area contributed by atoms with E-state index in [-0.39, 0.29) is 24.4 Å². The highest BCUT2D eigenvalue weighted by atomic mass is 32.2. The minimum Gasteiger partial charge on any atom is -0.465 e. The van der Waals surface area contributed by atoms with Gasteiger partial charge >= 0.3 is 5.97 Å². The topological polar surface area (TPSA) is 84.0 Å². The van der Waals surface area contributed by atoms with E-state index in [2.05, 4.69) is 11.7 Å². The third-order valence-electron chi connectivity index (χ3n) is 4.49. The molecule has 1 unspecified atom stereocenters. The number of ether oxygens (including phenoxy) is 1. The van der Waals surface area contributed by atoms with E-state index < -0.39 is 16.0 Å². The van der Waals surface area contributed by atoms with Gasteiger partial charge in [0.15, 0.2) is 0 Å². The molecule has 0 aliphatic carbocycles. The molecule has 0 bridgehead atoms. The van der Waals surface area contributed by atoms with Crippen LogP contribution in [0.3, 0.4) is 0 Å². The number of hydrogen-bond acceptors (Lipinski definition) is 5. The second-order valence-electron chi connectivity index (χ2n) is 6.71. The number of nitrogens with zero attached hydrogens (tertiary/aromatic N) is 2. The van der Waals surface area contributed by atoms with Crippen molar-refractivity contribution in [2.24, 2.45) is 5.92 Å². The van der Waals surface area contributed by atoms with Crippen LogP contribution in [0.15, 0.2) is 24.3 Å². The lowest BCUT2D eigenvalue weighted by Gasteiger charge is -2.32. The Hall–Kier alpha value is -2.09. The number of hydrogen-bond donors (Lipinski definition) is 0. The Kier molecular flexibility index (Phi) is 6.63. The molecule has 0 spiro atoms. The van der Waals surface area contributed by atoms with E-state index in [0.717, 1.165) is 36.5 Å². The molecule has 0 saturated carbocycles. The summed E-state index contributed by atoms with van der Waals surface area (Å²) in [5.41, 5.74) is 0.602. The van der Waals surface area contributed by atoms with E-state index >= 15 is 0 Å². The van der Waals surface area contributed by atoms with Gasteiger partial charge in [-0.15, -0.1) is 0 Å². The molecule has 1 aliphatic rings. The predicted molar refractivity (Wildman–Crippen MR) is 99.6 cm³/mol. The molecule has 0 radical (unpaired) electrons. The van der Waals surface area contributed by atoms with Crippen molar-refractivity contribution in [1.82, 2.24) is 4.90 Å². The Morgan fingerprint density at radius 1 is 1.35 bits per heavy atom. The average Bonchev–Trinajstić information content (AvgIpc) is 2.60. The molecule has 1 fully saturated rings. The summed E-state index contributed by atoms with van der Waals surface area (Å²) in [6.07, 6.45) is 3.27. The first-order valence-corrected chi connectivity index (χ1v) is 10.5. The molecule has 1 aliphatic heterocycles. The number of benzene rings is 1. The number of likely N-dealkylation sites (tertiary alicyclic amines) is 1. The van der Waals surface area contributed by atoms with Gasteiger partial charge in [-0.05, 0) is 37.0 Å². The summed E-state index contributed by atoms with van der Waals surface area (Å²) in [7, 11) is -2.33. The second kappa shape index (κ2) is 8.53. The quantitative estimate of drug-likeness (QED) is 0.702. The van der Waals surface area contributed by atoms with E-state index in [4.69, 9.17) is 0 Å². The second-order valence-corrected chi connectivity index (χ2v) is 8.62. The number of methoxy groups -OCH3 is 1. The van der Waals surface area contributed by atoms with E-state index in [1.807, 2.05) is 0 Å². The first kappa shape index (κ1) is 20.2. The summed E-state index contributed by atoms with van der Waals surface area (Å²) >= 11 is 0. The van der Waals surface area contributed by atoms with Gasteiger partial charge in [0.05, 0.1) is 24.6 Å². The van der Waals surface area contributed by atoms with Gasteiger partial charge in [-0.25, -0.2) is 13.2 Å². The predicted octanol–water partition coefficient (Wildman–Crippen LogP) is 1.89. The molecule has 1 amide bonds. The lowest BCUT2D eigenvalue weighted by Crippen LogP contribution is -2.41. The van der Waals surface area contributed by atoms with Crippen molar-refractivity contribution in [2.75, 3.05) is 37.3 Å². The van der Waals surface area contributed by atoms with Gasteiger partial charge in [0.1, 0.15) is 0 Å². The Bertz CT molecular complexity index is 763. The summed E-state index contributed by atoms with van der Waals surface area (Å²) in [6.45, 7) is 3.59. The van der Waals surface area contributed by atoms with Crippen LogP contribution in [0.2, 0.25) is 0 Å². The maximum absolute atomic E-state index is 12.5. The molecule has 1 saturated heterocycles. The number of rotatable bonds is 6. The Morgan fingerprint density at radius 2 is 2.08 bits per heavy atom. The lowest BCUT2D eigenvalue weighted by atomic mass is 10.00. The summed E-state index contributed by atoms with van der Waals surface area (Å²) in [4.78, 5) is 26.0. The van der Waals surface area contributed by atoms with E-state index in [1.165, 1.54) is 13.2 Å². The minimum atomic E-state index is -3.59. The van der Waals surface area contributed by atoms with Gasteiger partial charge < -0.3 is 9.64 Å². The fourth-order valence-corrected chi connectivity index (χ4v) is 4.08. The van der Waals surface area contributed by atoms with Crippen molar-refractivity contribution in [1.29, 1.82) is 0 Å². The fourth-order valence-electron chi connectivity index (χ4n) is 3.16. The number of carbonyl (C=O) groups excluding carboxylic acids is 2. The number of sulfonamides is 1. The molecule has 144 valence electrons. The molecule has 7 nitrogen and oxygen atoms in total. The summed E-state index contributed by atoms with van der Waals surface area (Å²) in [5, 5.41) is 0. The monoisotopic (exact) mass is 382 g/mol. The molecule has 1 aromatic carbocycles. The average molecular weight is 382 g/mol. The van der Waals surface area contributed by atoms with Gasteiger partial charge in [0, 0.05) is 26.1 Å². The highest BCUT2D eigenvalue weighted by Crippen LogP contribution is 2.21. The van der Waals surface area contributed by atoms with Crippen molar-refractivity contribution >= 4 is 27.6 Å². The molecule has 0 aromatic heterocycles. The molecule has 8 heteroatoms. The van der Waals surface area contributed by atoms with Crippen LogP contribution in [-0.2, 0) is 19.6 Å². The summed E-state index contributed by atoms with van der Waals surface area (Å²) < 4.78 is 30.3. The fraction of sp³-hybridized carbons (Fsp3) is 0.556. The zero-order valence-electron chi connectivity index (χ0n) is 15.5. The van der Waals surface area contributed by atoms with Gasteiger partial charge in [0.25, 0.3) is 0 Å². The first-order valence-electron chi connectivity index (χ1n) is 8.66. The zero-order valence-corrected chi connectivity index (χ0v) is 16.3. The van der Waals surface area contributed by atoms with Gasteiger partial charge in [-0.3, -0.25) is 9.10 Å². The first-order chi connectivity index (χ1) is 12.2. The van der Waals surface area contributed by atoms with Crippen LogP contribution in [-0.4, -0.2) is 58.2 Å². The molecule has 1 atom stereocenters. The molecular formula is C18H26N2O5S. The highest BCUT2D eigenvalue weighted by Gasteiger charge is 2.24. The van der Waals surface area contributed by atoms with Crippen LogP contribution in [0.4, 0.5) is 5.69 Å². The normalized spacial score (nSPS) is 17.7. The van der Waals surface area contributed by atoms with Gasteiger partial charge in [0.2, 0.25) is 15.9 Å². The molecule has 26 heavy (non-hydrogen) atoms. The number of amides is 1. The van der Waals surface area contributed by atoms with Crippen LogP contribution in [0.25, 0.3) is 0 Å². The van der Waals surface area contributed by atoms with Crippen LogP contribution in [0, 0.1) is 5.92 Å². The number of esters is 1. The Morgan fingerprint density at radius 3 is 2.69 bits per heavy atom. The molecule has 1 aromatic rings. The van der Waals surface area contributed by atoms with Crippen LogP contribution in [0.1, 0.15) is 36.5 Å². The van der Waals surface area contributed by atoms with Crippen molar-refractivity contribution < 1.29 is 22.7 Å². The maximum atomic E-state index is 12.5. The molecular weight excluding hydrogens is 356 g/mol. The minimum absolute atomic E-state index is 0.0349. The smallest absolute Gasteiger partial charge is 0.337 e. The third-order valence-corrected chi connectivity index (χ3v) is 5.69. The summed E-state index contributed by atoms with van der Waals surface area (Å²) in [6, 6.07) is 6.20. The van der Waals surface area contributed by atoms with Gasteiger partial charge in [-0.2, -0.15) is 0 Å². The van der Waals surface area contributed by atoms with Crippen molar-refractivity contribution in [3.05, 3.63) is 29.8 Å². The number of piperidine rings is 1. The summed E-state index contributed by atoms with van der Waals surface area (Å²) in [5.74, 6) is -0.122. The number of anilines is 1. The largest absolute Gasteiger partial charge is 0.465 e. The van der Waals surface area contributed by atoms with Crippen LogP contribution < -0.4 is 4.31 Å². The maximum Gasteiger partial charge on any atom is 0.337 e. The van der Waals surface area contributed by atoms with E-state index in [9.17, 15) is 18.0 Å². The standard InChI is InChI=1S/C18H26N2O5S/c1-14-6-5-10-19(13-14)17(21)9-11-20(26(3,23)24)16-8-4-7-15(12-16)18(22)25-2/h4,7-8,12,14H,5-6,9-11,13H2,1-3H3. The van der Waals surface area contributed by atoms with E-state index in [0.29, 0.717) is 11.6 Å². The molecule has 1 heterocycles.